The number of aliphatic carboxylic acids is 1. The zero-order chi connectivity index (χ0) is 17.8. The van der Waals surface area contributed by atoms with Crippen LogP contribution >= 0.6 is 0 Å². The first-order chi connectivity index (χ1) is 12.1. The Morgan fingerprint density at radius 3 is 2.00 bits per heavy atom. The smallest absolute Gasteiger partial charge is 0.548 e. The molecule has 1 saturated heterocycles. The van der Waals surface area contributed by atoms with E-state index >= 15 is 0 Å². The number of ether oxygens (including phenoxy) is 1. The van der Waals surface area contributed by atoms with Gasteiger partial charge < -0.3 is 19.5 Å². The molecule has 2 atom stereocenters. The molecule has 1 amide bonds. The fraction of sp³-hybridized carbons (Fsp3) is 0.211. The number of amides is 1. The van der Waals surface area contributed by atoms with Gasteiger partial charge in [-0.2, -0.15) is 0 Å². The van der Waals surface area contributed by atoms with Crippen molar-refractivity contribution in [2.75, 3.05) is 6.54 Å². The molecule has 1 fully saturated rings. The zero-order valence-electron chi connectivity index (χ0n) is 14.3. The molecule has 7 heteroatoms. The van der Waals surface area contributed by atoms with Crippen molar-refractivity contribution in [1.29, 1.82) is 0 Å². The molecular formula is C19H16NNaO5. The Labute approximate surface area is 173 Å². The molecule has 0 aromatic heterocycles. The third-order valence-corrected chi connectivity index (χ3v) is 4.10. The molecule has 2 aromatic rings. The van der Waals surface area contributed by atoms with Gasteiger partial charge in [0.05, 0.1) is 24.1 Å². The van der Waals surface area contributed by atoms with Crippen LogP contribution in [0, 0.1) is 0 Å². The van der Waals surface area contributed by atoms with Gasteiger partial charge in [-0.3, -0.25) is 4.79 Å². The minimum Gasteiger partial charge on any atom is -0.548 e. The Hall–Kier alpha value is -2.15. The minimum atomic E-state index is -1.36. The largest absolute Gasteiger partial charge is 1.00 e. The Bertz CT molecular complexity index is 781. The number of carboxylic acids is 1. The third-order valence-electron chi connectivity index (χ3n) is 4.10. The number of likely N-dealkylation sites (tertiary alicyclic amines) is 1. The number of carbonyl (C=O) groups excluding carboxylic acids is 3. The number of hydrogen-bond donors (Lipinski definition) is 0. The summed E-state index contributed by atoms with van der Waals surface area (Å²) in [4.78, 5) is 37.3. The summed E-state index contributed by atoms with van der Waals surface area (Å²) in [7, 11) is 0. The number of esters is 1. The molecule has 1 heterocycles. The average molecular weight is 361 g/mol. The van der Waals surface area contributed by atoms with Gasteiger partial charge in [0, 0.05) is 12.0 Å². The van der Waals surface area contributed by atoms with Gasteiger partial charge in [0.25, 0.3) is 5.91 Å². The van der Waals surface area contributed by atoms with Gasteiger partial charge in [0.1, 0.15) is 6.10 Å². The molecule has 0 N–H and O–H groups in total. The maximum absolute atomic E-state index is 12.6. The molecule has 0 unspecified atom stereocenters. The van der Waals surface area contributed by atoms with E-state index in [0.29, 0.717) is 11.1 Å². The van der Waals surface area contributed by atoms with Crippen LogP contribution in [0.15, 0.2) is 60.7 Å². The number of benzene rings is 2. The first-order valence-electron chi connectivity index (χ1n) is 7.89. The Morgan fingerprint density at radius 1 is 0.923 bits per heavy atom. The number of carbonyl (C=O) groups is 3. The molecule has 128 valence electrons. The van der Waals surface area contributed by atoms with Crippen LogP contribution in [-0.4, -0.2) is 41.4 Å². The summed E-state index contributed by atoms with van der Waals surface area (Å²) in [6.45, 7) is 0.0188. The van der Waals surface area contributed by atoms with Crippen LogP contribution in [0.3, 0.4) is 0 Å². The van der Waals surface area contributed by atoms with Crippen LogP contribution in [0.1, 0.15) is 27.1 Å². The summed E-state index contributed by atoms with van der Waals surface area (Å²) in [6.07, 6.45) is -0.678. The van der Waals surface area contributed by atoms with Crippen molar-refractivity contribution in [3.05, 3.63) is 71.8 Å². The van der Waals surface area contributed by atoms with E-state index in [1.807, 2.05) is 0 Å². The summed E-state index contributed by atoms with van der Waals surface area (Å²) in [5.41, 5.74) is 0.754. The molecule has 0 saturated carbocycles. The van der Waals surface area contributed by atoms with Crippen LogP contribution in [0.2, 0.25) is 0 Å². The van der Waals surface area contributed by atoms with Gasteiger partial charge in [-0.15, -0.1) is 0 Å². The average Bonchev–Trinajstić information content (AvgIpc) is 3.06. The Kier molecular flexibility index (Phi) is 6.97. The second kappa shape index (κ2) is 8.98. The predicted molar refractivity (Wildman–Crippen MR) is 86.5 cm³/mol. The fourth-order valence-corrected chi connectivity index (χ4v) is 2.87. The third kappa shape index (κ3) is 4.52. The van der Waals surface area contributed by atoms with Gasteiger partial charge in [-0.25, -0.2) is 4.79 Å². The van der Waals surface area contributed by atoms with E-state index in [4.69, 9.17) is 4.74 Å². The molecule has 0 bridgehead atoms. The molecule has 2 aromatic carbocycles. The molecule has 1 aliphatic rings. The Balaban J connectivity index is 0.00000243. The predicted octanol–water partition coefficient (Wildman–Crippen LogP) is -2.12. The second-order valence-electron chi connectivity index (χ2n) is 5.79. The number of carboxylic acid groups (broad SMARTS) is 1. The molecular weight excluding hydrogens is 345 g/mol. The monoisotopic (exact) mass is 361 g/mol. The van der Waals surface area contributed by atoms with Crippen LogP contribution in [0.4, 0.5) is 0 Å². The van der Waals surface area contributed by atoms with Crippen molar-refractivity contribution in [1.82, 2.24) is 4.90 Å². The summed E-state index contributed by atoms with van der Waals surface area (Å²) in [6, 6.07) is 15.7. The molecule has 26 heavy (non-hydrogen) atoms. The van der Waals surface area contributed by atoms with E-state index in [2.05, 4.69) is 0 Å². The van der Waals surface area contributed by atoms with Crippen molar-refractivity contribution in [2.45, 2.75) is 18.6 Å². The maximum atomic E-state index is 12.6. The normalized spacial score (nSPS) is 18.7. The van der Waals surface area contributed by atoms with E-state index in [0.717, 1.165) is 0 Å². The Morgan fingerprint density at radius 2 is 1.46 bits per heavy atom. The fourth-order valence-electron chi connectivity index (χ4n) is 2.87. The molecule has 1 aliphatic heterocycles. The number of hydrogen-bond acceptors (Lipinski definition) is 5. The maximum Gasteiger partial charge on any atom is 1.00 e. The van der Waals surface area contributed by atoms with Crippen LogP contribution in [0.5, 0.6) is 0 Å². The van der Waals surface area contributed by atoms with Gasteiger partial charge >= 0.3 is 35.5 Å². The molecule has 3 rings (SSSR count). The molecule has 0 radical (unpaired) electrons. The molecule has 6 nitrogen and oxygen atoms in total. The number of rotatable bonds is 4. The molecule has 0 aliphatic carbocycles. The van der Waals surface area contributed by atoms with E-state index in [-0.39, 0.29) is 42.5 Å². The SMILES string of the molecule is O=C(O[C@@H]1C[C@@H](C(=O)[O-])N(C(=O)c2ccccc2)C1)c1ccccc1.[Na+]. The summed E-state index contributed by atoms with van der Waals surface area (Å²) < 4.78 is 5.37. The van der Waals surface area contributed by atoms with Gasteiger partial charge in [0.2, 0.25) is 0 Å². The summed E-state index contributed by atoms with van der Waals surface area (Å²) in [5, 5.41) is 11.4. The van der Waals surface area contributed by atoms with E-state index in [1.54, 1.807) is 60.7 Å². The summed E-state index contributed by atoms with van der Waals surface area (Å²) >= 11 is 0. The van der Waals surface area contributed by atoms with Crippen molar-refractivity contribution in [3.8, 4) is 0 Å². The van der Waals surface area contributed by atoms with Crippen LogP contribution < -0.4 is 34.7 Å². The van der Waals surface area contributed by atoms with Crippen LogP contribution in [-0.2, 0) is 9.53 Å². The van der Waals surface area contributed by atoms with E-state index < -0.39 is 30.0 Å². The topological polar surface area (TPSA) is 86.7 Å². The first-order valence-corrected chi connectivity index (χ1v) is 7.89. The number of nitrogens with zero attached hydrogens (tertiary/aromatic N) is 1. The van der Waals surface area contributed by atoms with Crippen molar-refractivity contribution in [3.63, 3.8) is 0 Å². The van der Waals surface area contributed by atoms with Gasteiger partial charge in [0.15, 0.2) is 0 Å². The standard InChI is InChI=1S/C19H17NO5.Na/c21-17(13-7-3-1-4-8-13)20-12-15(11-16(20)18(22)23)25-19(24)14-9-5-2-6-10-14;/h1-10,15-16H,11-12H2,(H,22,23);/q;+1/p-1/t15-,16+;/m1./s1. The van der Waals surface area contributed by atoms with Crippen molar-refractivity contribution < 1.29 is 53.8 Å². The van der Waals surface area contributed by atoms with E-state index in [1.165, 1.54) is 4.90 Å². The zero-order valence-corrected chi connectivity index (χ0v) is 16.3. The minimum absolute atomic E-state index is 0. The quantitative estimate of drug-likeness (QED) is 0.459. The second-order valence-corrected chi connectivity index (χ2v) is 5.79. The van der Waals surface area contributed by atoms with Gasteiger partial charge in [-0.1, -0.05) is 36.4 Å². The summed E-state index contributed by atoms with van der Waals surface area (Å²) in [5.74, 6) is -2.33. The van der Waals surface area contributed by atoms with E-state index in [9.17, 15) is 19.5 Å². The van der Waals surface area contributed by atoms with Crippen LogP contribution in [0.25, 0.3) is 0 Å². The molecule has 0 spiro atoms. The van der Waals surface area contributed by atoms with Crippen molar-refractivity contribution in [2.24, 2.45) is 0 Å². The van der Waals surface area contributed by atoms with Gasteiger partial charge in [-0.05, 0) is 24.3 Å². The van der Waals surface area contributed by atoms with Crippen molar-refractivity contribution >= 4 is 17.8 Å². The first kappa shape index (κ1) is 20.2.